The van der Waals surface area contributed by atoms with Crippen LogP contribution >= 0.6 is 0 Å². The van der Waals surface area contributed by atoms with E-state index in [1.54, 1.807) is 7.11 Å². The first-order valence-corrected chi connectivity index (χ1v) is 7.26. The summed E-state index contributed by atoms with van der Waals surface area (Å²) >= 11 is 0. The van der Waals surface area contributed by atoms with Crippen molar-refractivity contribution in [2.75, 3.05) is 7.11 Å². The fourth-order valence-corrected chi connectivity index (χ4v) is 2.91. The fourth-order valence-electron chi connectivity index (χ4n) is 2.91. The molecule has 21 heavy (non-hydrogen) atoms. The molecule has 3 rings (SSSR count). The molecular formula is C18H21NO2. The maximum absolute atomic E-state index is 6.33. The van der Waals surface area contributed by atoms with Gasteiger partial charge in [-0.15, -0.1) is 0 Å². The fraction of sp³-hybridized carbons (Fsp3) is 0.333. The molecule has 3 nitrogen and oxygen atoms in total. The van der Waals surface area contributed by atoms with E-state index in [2.05, 4.69) is 32.0 Å². The van der Waals surface area contributed by atoms with E-state index in [1.165, 1.54) is 16.7 Å². The normalized spacial score (nSPS) is 20.6. The monoisotopic (exact) mass is 283 g/mol. The van der Waals surface area contributed by atoms with Crippen molar-refractivity contribution in [1.82, 2.24) is 0 Å². The number of aryl methyl sites for hydroxylation is 2. The summed E-state index contributed by atoms with van der Waals surface area (Å²) in [5, 5.41) is 0. The van der Waals surface area contributed by atoms with Crippen molar-refractivity contribution in [1.29, 1.82) is 0 Å². The molecule has 2 atom stereocenters. The summed E-state index contributed by atoms with van der Waals surface area (Å²) in [7, 11) is 1.66. The molecule has 0 aliphatic carbocycles. The average molecular weight is 283 g/mol. The first-order valence-electron chi connectivity index (χ1n) is 7.26. The summed E-state index contributed by atoms with van der Waals surface area (Å²) in [5.41, 5.74) is 11.1. The summed E-state index contributed by atoms with van der Waals surface area (Å²) in [6.07, 6.45) is 0.795. The molecule has 0 amide bonds. The molecule has 0 fully saturated rings. The van der Waals surface area contributed by atoms with Gasteiger partial charge in [-0.2, -0.15) is 0 Å². The zero-order valence-corrected chi connectivity index (χ0v) is 12.7. The summed E-state index contributed by atoms with van der Waals surface area (Å²) in [6, 6.07) is 12.3. The van der Waals surface area contributed by atoms with Crippen molar-refractivity contribution < 1.29 is 9.47 Å². The lowest BCUT2D eigenvalue weighted by Gasteiger charge is -2.31. The minimum atomic E-state index is -0.00966. The number of fused-ring (bicyclic) bond motifs is 1. The Hall–Kier alpha value is -2.00. The highest BCUT2D eigenvalue weighted by Crippen LogP contribution is 2.42. The Kier molecular flexibility index (Phi) is 3.60. The van der Waals surface area contributed by atoms with Crippen molar-refractivity contribution >= 4 is 0 Å². The van der Waals surface area contributed by atoms with E-state index in [1.807, 2.05) is 18.2 Å². The largest absolute Gasteiger partial charge is 0.497 e. The average Bonchev–Trinajstić information content (AvgIpc) is 2.49. The van der Waals surface area contributed by atoms with Gasteiger partial charge in [-0.1, -0.05) is 29.8 Å². The van der Waals surface area contributed by atoms with Crippen LogP contribution in [0.5, 0.6) is 11.5 Å². The summed E-state index contributed by atoms with van der Waals surface area (Å²) in [5.74, 6) is 1.63. The third kappa shape index (κ3) is 2.61. The third-order valence-corrected chi connectivity index (χ3v) is 4.14. The van der Waals surface area contributed by atoms with E-state index in [9.17, 15) is 0 Å². The molecule has 0 spiro atoms. The maximum atomic E-state index is 6.33. The molecule has 1 heterocycles. The molecule has 0 saturated heterocycles. The molecule has 0 saturated carbocycles. The van der Waals surface area contributed by atoms with Gasteiger partial charge in [0, 0.05) is 24.1 Å². The van der Waals surface area contributed by atoms with E-state index in [0.717, 1.165) is 23.5 Å². The van der Waals surface area contributed by atoms with Crippen LogP contribution in [0.1, 0.15) is 40.8 Å². The molecule has 2 aromatic carbocycles. The van der Waals surface area contributed by atoms with Crippen LogP contribution in [0, 0.1) is 13.8 Å². The molecule has 0 bridgehead atoms. The SMILES string of the molecule is COc1ccc2c(c1)OC(c1cc(C)ccc1C)CC2N. The minimum Gasteiger partial charge on any atom is -0.497 e. The van der Waals surface area contributed by atoms with Gasteiger partial charge in [-0.05, 0) is 31.0 Å². The second-order valence-corrected chi connectivity index (χ2v) is 5.71. The quantitative estimate of drug-likeness (QED) is 0.911. The number of methoxy groups -OCH3 is 1. The van der Waals surface area contributed by atoms with Gasteiger partial charge >= 0.3 is 0 Å². The zero-order valence-electron chi connectivity index (χ0n) is 12.7. The number of hydrogen-bond acceptors (Lipinski definition) is 3. The smallest absolute Gasteiger partial charge is 0.128 e. The van der Waals surface area contributed by atoms with Crippen LogP contribution in [-0.2, 0) is 0 Å². The van der Waals surface area contributed by atoms with Crippen LogP contribution in [0.3, 0.4) is 0 Å². The first-order chi connectivity index (χ1) is 10.1. The van der Waals surface area contributed by atoms with Crippen LogP contribution in [0.15, 0.2) is 36.4 Å². The molecule has 110 valence electrons. The standard InChI is InChI=1S/C18H21NO2/c1-11-4-5-12(2)15(8-11)18-10-16(19)14-7-6-13(20-3)9-17(14)21-18/h4-9,16,18H,10,19H2,1-3H3. The topological polar surface area (TPSA) is 44.5 Å². The summed E-state index contributed by atoms with van der Waals surface area (Å²) in [6.45, 7) is 4.22. The van der Waals surface area contributed by atoms with E-state index < -0.39 is 0 Å². The molecule has 1 aliphatic heterocycles. The van der Waals surface area contributed by atoms with Gasteiger partial charge in [0.1, 0.15) is 17.6 Å². The van der Waals surface area contributed by atoms with Gasteiger partial charge in [0.2, 0.25) is 0 Å². The molecule has 0 radical (unpaired) electrons. The number of benzene rings is 2. The Morgan fingerprint density at radius 2 is 1.90 bits per heavy atom. The Labute approximate surface area is 125 Å². The first kappa shape index (κ1) is 14.0. The summed E-state index contributed by atoms with van der Waals surface area (Å²) < 4.78 is 11.5. The molecule has 2 aromatic rings. The zero-order chi connectivity index (χ0) is 15.0. The number of hydrogen-bond donors (Lipinski definition) is 1. The number of nitrogens with two attached hydrogens (primary N) is 1. The lowest BCUT2D eigenvalue weighted by Crippen LogP contribution is -2.24. The molecule has 2 N–H and O–H groups in total. The predicted octanol–water partition coefficient (Wildman–Crippen LogP) is 3.84. The van der Waals surface area contributed by atoms with Crippen LogP contribution in [-0.4, -0.2) is 7.11 Å². The molecular weight excluding hydrogens is 262 g/mol. The highest BCUT2D eigenvalue weighted by Gasteiger charge is 2.28. The number of rotatable bonds is 2. The van der Waals surface area contributed by atoms with Crippen molar-refractivity contribution in [3.63, 3.8) is 0 Å². The lowest BCUT2D eigenvalue weighted by molar-refractivity contribution is 0.160. The highest BCUT2D eigenvalue weighted by atomic mass is 16.5. The Bertz CT molecular complexity index is 666. The Morgan fingerprint density at radius 3 is 2.67 bits per heavy atom. The van der Waals surface area contributed by atoms with E-state index >= 15 is 0 Å². The third-order valence-electron chi connectivity index (χ3n) is 4.14. The van der Waals surface area contributed by atoms with Crippen molar-refractivity contribution in [3.8, 4) is 11.5 Å². The van der Waals surface area contributed by atoms with E-state index in [-0.39, 0.29) is 12.1 Å². The second kappa shape index (κ2) is 5.41. The second-order valence-electron chi connectivity index (χ2n) is 5.71. The van der Waals surface area contributed by atoms with Crippen molar-refractivity contribution in [2.24, 2.45) is 5.73 Å². The van der Waals surface area contributed by atoms with Gasteiger partial charge in [0.25, 0.3) is 0 Å². The van der Waals surface area contributed by atoms with Gasteiger partial charge in [-0.3, -0.25) is 0 Å². The molecule has 1 aliphatic rings. The molecule has 2 unspecified atom stereocenters. The van der Waals surface area contributed by atoms with Crippen LogP contribution in [0.2, 0.25) is 0 Å². The van der Waals surface area contributed by atoms with Crippen molar-refractivity contribution in [3.05, 3.63) is 58.7 Å². The Morgan fingerprint density at radius 1 is 1.10 bits per heavy atom. The summed E-state index contributed by atoms with van der Waals surface area (Å²) in [4.78, 5) is 0. The van der Waals surface area contributed by atoms with Gasteiger partial charge in [-0.25, -0.2) is 0 Å². The number of ether oxygens (including phenoxy) is 2. The molecule has 0 aromatic heterocycles. The molecule has 3 heteroatoms. The minimum absolute atomic E-state index is 0.000457. The van der Waals surface area contributed by atoms with E-state index in [0.29, 0.717) is 0 Å². The van der Waals surface area contributed by atoms with Gasteiger partial charge in [0.15, 0.2) is 0 Å². The van der Waals surface area contributed by atoms with Crippen LogP contribution < -0.4 is 15.2 Å². The van der Waals surface area contributed by atoms with Gasteiger partial charge < -0.3 is 15.2 Å². The Balaban J connectivity index is 1.98. The van der Waals surface area contributed by atoms with Crippen molar-refractivity contribution in [2.45, 2.75) is 32.4 Å². The van der Waals surface area contributed by atoms with E-state index in [4.69, 9.17) is 15.2 Å². The maximum Gasteiger partial charge on any atom is 0.128 e. The highest BCUT2D eigenvalue weighted by molar-refractivity contribution is 5.45. The lowest BCUT2D eigenvalue weighted by atomic mass is 9.91. The van der Waals surface area contributed by atoms with Crippen LogP contribution in [0.4, 0.5) is 0 Å². The van der Waals surface area contributed by atoms with Gasteiger partial charge in [0.05, 0.1) is 7.11 Å². The van der Waals surface area contributed by atoms with Crippen LogP contribution in [0.25, 0.3) is 0 Å². The predicted molar refractivity (Wildman–Crippen MR) is 83.8 cm³/mol.